The second kappa shape index (κ2) is 14.3. The Morgan fingerprint density at radius 1 is 0.435 bits per heavy atom. The topological polar surface area (TPSA) is 60.7 Å². The molecule has 0 aromatic heterocycles. The van der Waals surface area contributed by atoms with E-state index in [0.29, 0.717) is 17.2 Å². The number of hydrogen-bond donors (Lipinski definition) is 3. The Bertz CT molecular complexity index is 498. The molecule has 3 rings (SSSR count). The monoisotopic (exact) mass is 332 g/mol. The van der Waals surface area contributed by atoms with Crippen LogP contribution in [0.2, 0.25) is 0 Å². The van der Waals surface area contributed by atoms with Gasteiger partial charge in [-0.2, -0.15) is 0 Å². The quantitative estimate of drug-likeness (QED) is 0.506. The van der Waals surface area contributed by atoms with Crippen LogP contribution in [0.25, 0.3) is 0 Å². The summed E-state index contributed by atoms with van der Waals surface area (Å²) in [5.41, 5.74) is 0. The van der Waals surface area contributed by atoms with Gasteiger partial charge in [-0.25, -0.2) is 0 Å². The van der Waals surface area contributed by atoms with Crippen LogP contribution in [0.15, 0.2) is 91.0 Å². The van der Waals surface area contributed by atoms with Crippen LogP contribution in [-0.2, 0) is 0 Å². The fraction of sp³-hybridized carbons (Fsp3) is 0.0526. The lowest BCUT2D eigenvalue weighted by Crippen LogP contribution is -1.56. The van der Waals surface area contributed by atoms with Crippen LogP contribution in [0.3, 0.4) is 0 Å². The third-order valence-corrected chi connectivity index (χ3v) is 2.27. The summed E-state index contributed by atoms with van der Waals surface area (Å²) in [6, 6.07) is 26.1. The van der Waals surface area contributed by atoms with Gasteiger partial charge >= 0.3 is 0 Å². The zero-order valence-corrected chi connectivity index (χ0v) is 13.6. The second-order valence-corrected chi connectivity index (χ2v) is 4.01. The molecule has 3 nitrogen and oxygen atoms in total. The molecule has 0 atom stereocenters. The maximum absolute atomic E-state index is 8.63. The van der Waals surface area contributed by atoms with Crippen molar-refractivity contribution in [2.24, 2.45) is 0 Å². The van der Waals surface area contributed by atoms with Crippen molar-refractivity contribution in [3.8, 4) is 17.2 Å². The molecule has 0 saturated carbocycles. The minimum absolute atomic E-state index is 0.322. The average molecular weight is 333 g/mol. The molecular formula is C19H21ClO3. The van der Waals surface area contributed by atoms with Gasteiger partial charge in [-0.1, -0.05) is 54.6 Å². The lowest BCUT2D eigenvalue weighted by atomic mass is 10.3. The van der Waals surface area contributed by atoms with Gasteiger partial charge in [-0.3, -0.25) is 0 Å². The van der Waals surface area contributed by atoms with Crippen molar-refractivity contribution in [2.75, 3.05) is 6.38 Å². The Kier molecular flexibility index (Phi) is 12.6. The summed E-state index contributed by atoms with van der Waals surface area (Å²) in [5.74, 6) is 0.965. The van der Waals surface area contributed by atoms with E-state index in [2.05, 4.69) is 11.6 Å². The van der Waals surface area contributed by atoms with E-state index >= 15 is 0 Å². The summed E-state index contributed by atoms with van der Waals surface area (Å²) in [5, 5.41) is 25.9. The highest BCUT2D eigenvalue weighted by Crippen LogP contribution is 2.04. The maximum atomic E-state index is 8.63. The summed E-state index contributed by atoms with van der Waals surface area (Å²) in [6.07, 6.45) is 1.47. The molecule has 0 heterocycles. The SMILES string of the molecule is CCl.Oc1ccccc1.Oc1ccccc1.Oc1ccccc1. The normalized spacial score (nSPS) is 8.09. The van der Waals surface area contributed by atoms with Crippen molar-refractivity contribution in [1.29, 1.82) is 0 Å². The zero-order chi connectivity index (χ0) is 17.3. The van der Waals surface area contributed by atoms with Crippen LogP contribution in [0.1, 0.15) is 0 Å². The van der Waals surface area contributed by atoms with Crippen LogP contribution in [-0.4, -0.2) is 21.7 Å². The van der Waals surface area contributed by atoms with Gasteiger partial charge in [0.05, 0.1) is 0 Å². The number of para-hydroxylation sites is 3. The molecule has 0 fully saturated rings. The molecule has 0 spiro atoms. The molecule has 0 aliphatic heterocycles. The maximum Gasteiger partial charge on any atom is 0.115 e. The minimum atomic E-state index is 0.322. The lowest BCUT2D eigenvalue weighted by Gasteiger charge is -1.82. The fourth-order valence-electron chi connectivity index (χ4n) is 1.28. The Hall–Kier alpha value is -2.65. The minimum Gasteiger partial charge on any atom is -0.508 e. The molecule has 0 bridgehead atoms. The summed E-state index contributed by atoms with van der Waals surface area (Å²) in [6.45, 7) is 0. The van der Waals surface area contributed by atoms with Crippen molar-refractivity contribution in [3.05, 3.63) is 91.0 Å². The Balaban J connectivity index is 0.000000299. The first-order valence-corrected chi connectivity index (χ1v) is 7.54. The van der Waals surface area contributed by atoms with Gasteiger partial charge in [0, 0.05) is 6.38 Å². The van der Waals surface area contributed by atoms with Gasteiger partial charge < -0.3 is 15.3 Å². The molecule has 23 heavy (non-hydrogen) atoms. The molecule has 3 N–H and O–H groups in total. The number of phenolic OH excluding ortho intramolecular Hbond substituents is 3. The molecule has 0 unspecified atom stereocenters. The fourth-order valence-corrected chi connectivity index (χ4v) is 1.28. The highest BCUT2D eigenvalue weighted by Gasteiger charge is 1.76. The van der Waals surface area contributed by atoms with E-state index in [1.165, 1.54) is 6.38 Å². The summed E-state index contributed by atoms with van der Waals surface area (Å²) in [4.78, 5) is 0. The van der Waals surface area contributed by atoms with Crippen molar-refractivity contribution in [1.82, 2.24) is 0 Å². The Labute approximate surface area is 142 Å². The zero-order valence-electron chi connectivity index (χ0n) is 12.9. The highest BCUT2D eigenvalue weighted by molar-refractivity contribution is 6.15. The van der Waals surface area contributed by atoms with Crippen LogP contribution in [0.4, 0.5) is 0 Å². The summed E-state index contributed by atoms with van der Waals surface area (Å²) < 4.78 is 0. The van der Waals surface area contributed by atoms with Crippen molar-refractivity contribution >= 4 is 11.6 Å². The van der Waals surface area contributed by atoms with Gasteiger partial charge in [-0.05, 0) is 36.4 Å². The molecule has 3 aromatic carbocycles. The smallest absolute Gasteiger partial charge is 0.115 e. The van der Waals surface area contributed by atoms with Crippen molar-refractivity contribution in [3.63, 3.8) is 0 Å². The van der Waals surface area contributed by atoms with Crippen LogP contribution in [0.5, 0.6) is 17.2 Å². The number of rotatable bonds is 0. The third kappa shape index (κ3) is 12.8. The first-order valence-electron chi connectivity index (χ1n) is 6.78. The van der Waals surface area contributed by atoms with Gasteiger partial charge in [0.2, 0.25) is 0 Å². The van der Waals surface area contributed by atoms with Crippen molar-refractivity contribution in [2.45, 2.75) is 0 Å². The molecule has 0 aliphatic rings. The predicted molar refractivity (Wildman–Crippen MR) is 96.1 cm³/mol. The molecule has 122 valence electrons. The van der Waals surface area contributed by atoms with E-state index in [-0.39, 0.29) is 0 Å². The third-order valence-electron chi connectivity index (χ3n) is 2.27. The van der Waals surface area contributed by atoms with Gasteiger partial charge in [0.25, 0.3) is 0 Å². The predicted octanol–water partition coefficient (Wildman–Crippen LogP) is 5.03. The summed E-state index contributed by atoms with van der Waals surface area (Å²) >= 11 is 4.64. The Morgan fingerprint density at radius 2 is 0.609 bits per heavy atom. The second-order valence-electron chi connectivity index (χ2n) is 4.01. The van der Waals surface area contributed by atoms with Crippen LogP contribution < -0.4 is 0 Å². The lowest BCUT2D eigenvalue weighted by molar-refractivity contribution is 0.475. The van der Waals surface area contributed by atoms with E-state index in [0.717, 1.165) is 0 Å². The van der Waals surface area contributed by atoms with Crippen LogP contribution in [0, 0.1) is 0 Å². The van der Waals surface area contributed by atoms with Gasteiger partial charge in [0.1, 0.15) is 17.2 Å². The molecule has 4 heteroatoms. The average Bonchev–Trinajstić information content (AvgIpc) is 2.60. The Morgan fingerprint density at radius 3 is 0.696 bits per heavy atom. The van der Waals surface area contributed by atoms with Gasteiger partial charge in [0.15, 0.2) is 0 Å². The molecular weight excluding hydrogens is 312 g/mol. The van der Waals surface area contributed by atoms with Gasteiger partial charge in [-0.15, -0.1) is 11.6 Å². The number of aromatic hydroxyl groups is 3. The first kappa shape index (κ1) is 20.3. The van der Waals surface area contributed by atoms with E-state index in [1.807, 2.05) is 18.2 Å². The van der Waals surface area contributed by atoms with E-state index in [1.54, 1.807) is 72.8 Å². The first-order chi connectivity index (χ1) is 11.2. The molecule has 0 saturated heterocycles. The number of benzene rings is 3. The number of phenols is 3. The molecule has 0 amide bonds. The highest BCUT2D eigenvalue weighted by atomic mass is 35.5. The summed E-state index contributed by atoms with van der Waals surface area (Å²) in [7, 11) is 0. The van der Waals surface area contributed by atoms with Crippen LogP contribution >= 0.6 is 11.6 Å². The molecule has 0 aliphatic carbocycles. The van der Waals surface area contributed by atoms with E-state index in [9.17, 15) is 0 Å². The number of halogens is 1. The molecule has 0 radical (unpaired) electrons. The number of hydrogen-bond acceptors (Lipinski definition) is 3. The van der Waals surface area contributed by atoms with E-state index in [4.69, 9.17) is 15.3 Å². The molecule has 3 aromatic rings. The van der Waals surface area contributed by atoms with Crippen molar-refractivity contribution < 1.29 is 15.3 Å². The van der Waals surface area contributed by atoms with E-state index < -0.39 is 0 Å². The standard InChI is InChI=1S/3C6H6O.CH3Cl/c3*7-6-4-2-1-3-5-6;1-2/h3*1-5,7H;1H3. The number of alkyl halides is 1. The largest absolute Gasteiger partial charge is 0.508 e.